The first-order chi connectivity index (χ1) is 12.9. The highest BCUT2D eigenvalue weighted by Gasteiger charge is 2.35. The molecule has 144 valence electrons. The van der Waals surface area contributed by atoms with E-state index in [0.29, 0.717) is 32.6 Å². The molecule has 0 spiro atoms. The lowest BCUT2D eigenvalue weighted by Crippen LogP contribution is -2.49. The lowest BCUT2D eigenvalue weighted by Gasteiger charge is -2.37. The summed E-state index contributed by atoms with van der Waals surface area (Å²) in [4.78, 5) is 23.2. The van der Waals surface area contributed by atoms with Crippen molar-refractivity contribution >= 4 is 21.6 Å². The molecular weight excluding hydrogens is 366 g/mol. The maximum Gasteiger partial charge on any atom is 0.243 e. The fraction of sp³-hybridized carbons (Fsp3) is 0.444. The van der Waals surface area contributed by atoms with Crippen LogP contribution in [0.2, 0.25) is 0 Å². The Morgan fingerprint density at radius 1 is 1.26 bits per heavy atom. The third-order valence-electron chi connectivity index (χ3n) is 5.41. The second-order valence-corrected chi connectivity index (χ2v) is 8.98. The largest absolute Gasteiger partial charge is 0.347 e. The van der Waals surface area contributed by atoms with Crippen LogP contribution in [-0.4, -0.2) is 66.7 Å². The predicted molar refractivity (Wildman–Crippen MR) is 101 cm³/mol. The Hall–Kier alpha value is -2.23. The van der Waals surface area contributed by atoms with E-state index in [-0.39, 0.29) is 16.8 Å². The Morgan fingerprint density at radius 3 is 2.78 bits per heavy atom. The maximum absolute atomic E-state index is 13.2. The van der Waals surface area contributed by atoms with Crippen LogP contribution in [0.15, 0.2) is 35.5 Å². The quantitative estimate of drug-likeness (QED) is 0.846. The summed E-state index contributed by atoms with van der Waals surface area (Å²) in [5.41, 5.74) is 1.72. The Labute approximate surface area is 158 Å². The number of piperazine rings is 1. The molecule has 1 amide bonds. The molecule has 1 unspecified atom stereocenters. The molecule has 3 heterocycles. The number of nitrogens with one attached hydrogen (secondary N) is 1. The molecule has 1 aromatic heterocycles. The molecule has 4 rings (SSSR count). The Morgan fingerprint density at radius 2 is 2.07 bits per heavy atom. The number of likely N-dealkylation sites (N-methyl/N-ethyl adjacent to an activating group) is 1. The highest BCUT2D eigenvalue weighted by Crippen LogP contribution is 2.32. The number of aromatic amines is 1. The summed E-state index contributed by atoms with van der Waals surface area (Å²) >= 11 is 0. The molecule has 0 saturated carbocycles. The standard InChI is InChI=1S/C18H23N5O3S/c1-13(24)23-8-5-14-11-15(3-4-16(14)23)27(25,26)22-10-9-21(2)17(12-22)18-19-6-7-20-18/h3-4,6-7,11,17H,5,8-10,12H2,1-2H3,(H,19,20). The van der Waals surface area contributed by atoms with Crippen LogP contribution in [0.25, 0.3) is 0 Å². The lowest BCUT2D eigenvalue weighted by atomic mass is 10.2. The zero-order valence-electron chi connectivity index (χ0n) is 15.4. The van der Waals surface area contributed by atoms with Gasteiger partial charge in [0.05, 0.1) is 10.9 Å². The topological polar surface area (TPSA) is 89.6 Å². The highest BCUT2D eigenvalue weighted by molar-refractivity contribution is 7.89. The number of rotatable bonds is 3. The summed E-state index contributed by atoms with van der Waals surface area (Å²) in [5, 5.41) is 0. The van der Waals surface area contributed by atoms with Crippen molar-refractivity contribution in [1.82, 2.24) is 19.2 Å². The summed E-state index contributed by atoms with van der Waals surface area (Å²) in [6.45, 7) is 3.55. The molecule has 0 radical (unpaired) electrons. The van der Waals surface area contributed by atoms with Crippen molar-refractivity contribution < 1.29 is 13.2 Å². The second kappa shape index (κ2) is 6.74. The average molecular weight is 389 g/mol. The van der Waals surface area contributed by atoms with Crippen LogP contribution in [0, 0.1) is 0 Å². The first-order valence-corrected chi connectivity index (χ1v) is 10.4. The second-order valence-electron chi connectivity index (χ2n) is 7.05. The maximum atomic E-state index is 13.2. The van der Waals surface area contributed by atoms with E-state index in [1.807, 2.05) is 7.05 Å². The van der Waals surface area contributed by atoms with Gasteiger partial charge in [-0.05, 0) is 37.2 Å². The molecule has 0 bridgehead atoms. The number of fused-ring (bicyclic) bond motifs is 1. The van der Waals surface area contributed by atoms with Gasteiger partial charge in [-0.1, -0.05) is 0 Å². The molecule has 1 saturated heterocycles. The van der Waals surface area contributed by atoms with Gasteiger partial charge in [0.15, 0.2) is 0 Å². The number of carbonyl (C=O) groups excluding carboxylic acids is 1. The summed E-state index contributed by atoms with van der Waals surface area (Å²) in [5.74, 6) is 0.744. The fourth-order valence-electron chi connectivity index (χ4n) is 3.84. The molecule has 1 fully saturated rings. The normalized spacial score (nSPS) is 21.4. The first-order valence-electron chi connectivity index (χ1n) is 8.98. The van der Waals surface area contributed by atoms with Crippen LogP contribution in [0.3, 0.4) is 0 Å². The van der Waals surface area contributed by atoms with Gasteiger partial charge in [0, 0.05) is 51.2 Å². The van der Waals surface area contributed by atoms with Gasteiger partial charge in [-0.3, -0.25) is 9.69 Å². The van der Waals surface area contributed by atoms with Crippen LogP contribution in [0.5, 0.6) is 0 Å². The molecule has 1 aromatic carbocycles. The Bertz CT molecular complexity index is 957. The van der Waals surface area contributed by atoms with Crippen LogP contribution >= 0.6 is 0 Å². The number of imidazole rings is 1. The summed E-state index contributed by atoms with van der Waals surface area (Å²) < 4.78 is 28.0. The van der Waals surface area contributed by atoms with Crippen molar-refractivity contribution in [2.45, 2.75) is 24.3 Å². The van der Waals surface area contributed by atoms with Crippen molar-refractivity contribution in [3.05, 3.63) is 42.0 Å². The Kier molecular flexibility index (Phi) is 4.53. The fourth-order valence-corrected chi connectivity index (χ4v) is 5.33. The van der Waals surface area contributed by atoms with Crippen LogP contribution in [0.1, 0.15) is 24.4 Å². The van der Waals surface area contributed by atoms with Crippen molar-refractivity contribution in [3.63, 3.8) is 0 Å². The molecule has 27 heavy (non-hydrogen) atoms. The minimum Gasteiger partial charge on any atom is -0.347 e. The van der Waals surface area contributed by atoms with Crippen molar-refractivity contribution in [3.8, 4) is 0 Å². The third-order valence-corrected chi connectivity index (χ3v) is 7.27. The number of carbonyl (C=O) groups is 1. The van der Waals surface area contributed by atoms with Gasteiger partial charge in [0.2, 0.25) is 15.9 Å². The SMILES string of the molecule is CC(=O)N1CCc2cc(S(=O)(=O)N3CCN(C)C(c4ncc[nH]4)C3)ccc21. The number of anilines is 1. The van der Waals surface area contributed by atoms with Gasteiger partial charge in [-0.25, -0.2) is 13.4 Å². The number of H-pyrrole nitrogens is 1. The van der Waals surface area contributed by atoms with E-state index < -0.39 is 10.0 Å². The predicted octanol–water partition coefficient (Wildman–Crippen LogP) is 0.996. The van der Waals surface area contributed by atoms with Crippen molar-refractivity contribution in [1.29, 1.82) is 0 Å². The van der Waals surface area contributed by atoms with Gasteiger partial charge in [0.1, 0.15) is 5.82 Å². The zero-order chi connectivity index (χ0) is 19.2. The van der Waals surface area contributed by atoms with Gasteiger partial charge >= 0.3 is 0 Å². The number of nitrogens with zero attached hydrogens (tertiary/aromatic N) is 4. The Balaban J connectivity index is 1.61. The van der Waals surface area contributed by atoms with E-state index in [9.17, 15) is 13.2 Å². The molecule has 1 atom stereocenters. The van der Waals surface area contributed by atoms with E-state index in [0.717, 1.165) is 17.1 Å². The van der Waals surface area contributed by atoms with Gasteiger partial charge in [-0.15, -0.1) is 0 Å². The number of amides is 1. The van der Waals surface area contributed by atoms with E-state index >= 15 is 0 Å². The van der Waals surface area contributed by atoms with Crippen LogP contribution in [0.4, 0.5) is 5.69 Å². The van der Waals surface area contributed by atoms with Crippen molar-refractivity contribution in [2.24, 2.45) is 0 Å². The summed E-state index contributed by atoms with van der Waals surface area (Å²) in [6.07, 6.45) is 4.10. The molecule has 9 heteroatoms. The third kappa shape index (κ3) is 3.15. The number of hydrogen-bond donors (Lipinski definition) is 1. The minimum absolute atomic E-state index is 0.0234. The average Bonchev–Trinajstić information content (AvgIpc) is 3.31. The van der Waals surface area contributed by atoms with E-state index in [1.165, 1.54) is 11.2 Å². The molecule has 2 aliphatic heterocycles. The van der Waals surface area contributed by atoms with Gasteiger partial charge in [-0.2, -0.15) is 4.31 Å². The highest BCUT2D eigenvalue weighted by atomic mass is 32.2. The van der Waals surface area contributed by atoms with Gasteiger partial charge < -0.3 is 9.88 Å². The molecule has 8 nitrogen and oxygen atoms in total. The molecule has 1 N–H and O–H groups in total. The number of hydrogen-bond acceptors (Lipinski definition) is 5. The first kappa shape index (κ1) is 18.1. The lowest BCUT2D eigenvalue weighted by molar-refractivity contribution is -0.116. The summed E-state index contributed by atoms with van der Waals surface area (Å²) in [6, 6.07) is 4.96. The van der Waals surface area contributed by atoms with Gasteiger partial charge in [0.25, 0.3) is 0 Å². The monoisotopic (exact) mass is 389 g/mol. The van der Waals surface area contributed by atoms with Crippen LogP contribution < -0.4 is 4.90 Å². The van der Waals surface area contributed by atoms with Crippen LogP contribution in [-0.2, 0) is 21.2 Å². The molecule has 2 aliphatic rings. The van der Waals surface area contributed by atoms with E-state index in [4.69, 9.17) is 0 Å². The summed E-state index contributed by atoms with van der Waals surface area (Å²) in [7, 11) is -1.63. The van der Waals surface area contributed by atoms with E-state index in [1.54, 1.807) is 35.5 Å². The number of benzene rings is 1. The van der Waals surface area contributed by atoms with E-state index in [2.05, 4.69) is 14.9 Å². The van der Waals surface area contributed by atoms with Crippen molar-refractivity contribution in [2.75, 3.05) is 38.1 Å². The molecule has 0 aliphatic carbocycles. The zero-order valence-corrected chi connectivity index (χ0v) is 16.2. The molecular formula is C18H23N5O3S. The number of aromatic nitrogens is 2. The minimum atomic E-state index is -3.61. The number of sulfonamides is 1. The molecule has 2 aromatic rings. The smallest absolute Gasteiger partial charge is 0.243 e.